The molecule has 1 aliphatic heterocycles. The maximum atomic E-state index is 12.4. The SMILES string of the molecule is Cc1nscc1C(=O)N1CCCC1C(C)(C)O. The van der Waals surface area contributed by atoms with Gasteiger partial charge >= 0.3 is 0 Å². The fourth-order valence-corrected chi connectivity index (χ4v) is 3.08. The zero-order valence-electron chi connectivity index (χ0n) is 10.4. The van der Waals surface area contributed by atoms with Gasteiger partial charge in [-0.2, -0.15) is 4.37 Å². The Hall–Kier alpha value is -0.940. The van der Waals surface area contributed by atoms with Crippen LogP contribution in [0.2, 0.25) is 0 Å². The molecule has 94 valence electrons. The summed E-state index contributed by atoms with van der Waals surface area (Å²) in [5.41, 5.74) is 0.608. The number of aryl methyl sites for hydroxylation is 1. The van der Waals surface area contributed by atoms with Gasteiger partial charge in [-0.3, -0.25) is 4.79 Å². The highest BCUT2D eigenvalue weighted by atomic mass is 32.1. The first-order valence-electron chi connectivity index (χ1n) is 5.85. The fraction of sp³-hybridized carbons (Fsp3) is 0.667. The van der Waals surface area contributed by atoms with Gasteiger partial charge in [0, 0.05) is 11.9 Å². The number of carbonyl (C=O) groups is 1. The molecule has 1 saturated heterocycles. The molecule has 0 radical (unpaired) electrons. The molecule has 1 aromatic heterocycles. The quantitative estimate of drug-likeness (QED) is 0.876. The van der Waals surface area contributed by atoms with Crippen LogP contribution in [0, 0.1) is 6.92 Å². The van der Waals surface area contributed by atoms with Gasteiger partial charge in [0.2, 0.25) is 0 Å². The van der Waals surface area contributed by atoms with Crippen molar-refractivity contribution >= 4 is 17.4 Å². The number of likely N-dealkylation sites (tertiary alicyclic amines) is 1. The first-order valence-corrected chi connectivity index (χ1v) is 6.69. The van der Waals surface area contributed by atoms with Crippen LogP contribution in [0.4, 0.5) is 0 Å². The minimum atomic E-state index is -0.844. The molecule has 0 spiro atoms. The molecule has 4 nitrogen and oxygen atoms in total. The Labute approximate surface area is 105 Å². The molecule has 2 rings (SSSR count). The van der Waals surface area contributed by atoms with Gasteiger partial charge in [0.25, 0.3) is 5.91 Å². The van der Waals surface area contributed by atoms with Crippen LogP contribution >= 0.6 is 11.5 Å². The number of aliphatic hydroxyl groups is 1. The van der Waals surface area contributed by atoms with E-state index in [2.05, 4.69) is 4.37 Å². The summed E-state index contributed by atoms with van der Waals surface area (Å²) >= 11 is 1.30. The van der Waals surface area contributed by atoms with E-state index in [1.165, 1.54) is 11.5 Å². The molecule has 17 heavy (non-hydrogen) atoms. The average molecular weight is 254 g/mol. The highest BCUT2D eigenvalue weighted by molar-refractivity contribution is 7.03. The van der Waals surface area contributed by atoms with Crippen molar-refractivity contribution < 1.29 is 9.90 Å². The third-order valence-corrected chi connectivity index (χ3v) is 4.03. The maximum Gasteiger partial charge on any atom is 0.256 e. The van der Waals surface area contributed by atoms with Crippen molar-refractivity contribution in [1.29, 1.82) is 0 Å². The summed E-state index contributed by atoms with van der Waals surface area (Å²) in [6.45, 7) is 6.10. The number of nitrogens with zero attached hydrogens (tertiary/aromatic N) is 2. The van der Waals surface area contributed by atoms with E-state index < -0.39 is 5.60 Å². The summed E-state index contributed by atoms with van der Waals surface area (Å²) in [6.07, 6.45) is 1.82. The lowest BCUT2D eigenvalue weighted by molar-refractivity contribution is 0.000314. The van der Waals surface area contributed by atoms with E-state index in [4.69, 9.17) is 0 Å². The van der Waals surface area contributed by atoms with Crippen LogP contribution in [0.15, 0.2) is 5.38 Å². The minimum absolute atomic E-state index is 0.000810. The van der Waals surface area contributed by atoms with E-state index in [0.29, 0.717) is 5.56 Å². The second-order valence-electron chi connectivity index (χ2n) is 5.12. The van der Waals surface area contributed by atoms with Gasteiger partial charge in [-0.25, -0.2) is 0 Å². The van der Waals surface area contributed by atoms with Gasteiger partial charge in [-0.1, -0.05) is 0 Å². The number of carbonyl (C=O) groups excluding carboxylic acids is 1. The largest absolute Gasteiger partial charge is 0.388 e. The third-order valence-electron chi connectivity index (χ3n) is 3.31. The standard InChI is InChI=1S/C12H18N2O2S/c1-8-9(7-17-13-8)11(15)14-6-4-5-10(14)12(2,3)16/h7,10,16H,4-6H2,1-3H3. The van der Waals surface area contributed by atoms with Crippen LogP contribution in [-0.4, -0.2) is 38.5 Å². The van der Waals surface area contributed by atoms with Gasteiger partial charge in [-0.05, 0) is 45.1 Å². The second-order valence-corrected chi connectivity index (χ2v) is 5.75. The summed E-state index contributed by atoms with van der Waals surface area (Å²) in [5.74, 6) is 0.000810. The van der Waals surface area contributed by atoms with Crippen LogP contribution in [-0.2, 0) is 0 Å². The van der Waals surface area contributed by atoms with Gasteiger partial charge < -0.3 is 10.0 Å². The Morgan fingerprint density at radius 1 is 1.65 bits per heavy atom. The number of rotatable bonds is 2. The Balaban J connectivity index is 2.23. The van der Waals surface area contributed by atoms with Crippen LogP contribution in [0.1, 0.15) is 42.7 Å². The fourth-order valence-electron chi connectivity index (χ4n) is 2.40. The second kappa shape index (κ2) is 4.38. The molecule has 5 heteroatoms. The molecule has 1 aromatic rings. The molecule has 1 atom stereocenters. The summed E-state index contributed by atoms with van der Waals surface area (Å²) in [6, 6.07) is -0.0886. The number of hydrogen-bond donors (Lipinski definition) is 1. The van der Waals surface area contributed by atoms with E-state index in [9.17, 15) is 9.90 Å². The molecule has 2 heterocycles. The van der Waals surface area contributed by atoms with Crippen molar-refractivity contribution in [3.05, 3.63) is 16.6 Å². The van der Waals surface area contributed by atoms with E-state index in [-0.39, 0.29) is 11.9 Å². The summed E-state index contributed by atoms with van der Waals surface area (Å²) in [5, 5.41) is 11.9. The molecule has 0 saturated carbocycles. The van der Waals surface area contributed by atoms with E-state index in [0.717, 1.165) is 25.1 Å². The monoisotopic (exact) mass is 254 g/mol. The molecule has 1 amide bonds. The predicted molar refractivity (Wildman–Crippen MR) is 67.2 cm³/mol. The highest BCUT2D eigenvalue weighted by Crippen LogP contribution is 2.28. The predicted octanol–water partition coefficient (Wildman–Crippen LogP) is 1.83. The average Bonchev–Trinajstić information content (AvgIpc) is 2.82. The van der Waals surface area contributed by atoms with Crippen molar-refractivity contribution in [2.45, 2.75) is 45.3 Å². The van der Waals surface area contributed by atoms with Gasteiger partial charge in [0.1, 0.15) is 0 Å². The van der Waals surface area contributed by atoms with Crippen LogP contribution in [0.3, 0.4) is 0 Å². The zero-order valence-corrected chi connectivity index (χ0v) is 11.3. The van der Waals surface area contributed by atoms with Crippen LogP contribution in [0.5, 0.6) is 0 Å². The molecule has 1 unspecified atom stereocenters. The number of hydrogen-bond acceptors (Lipinski definition) is 4. The van der Waals surface area contributed by atoms with E-state index in [1.807, 2.05) is 6.92 Å². The van der Waals surface area contributed by atoms with Crippen molar-refractivity contribution in [1.82, 2.24) is 9.27 Å². The third kappa shape index (κ3) is 2.35. The van der Waals surface area contributed by atoms with E-state index >= 15 is 0 Å². The van der Waals surface area contributed by atoms with Crippen molar-refractivity contribution in [3.8, 4) is 0 Å². The van der Waals surface area contributed by atoms with Gasteiger partial charge in [-0.15, -0.1) is 0 Å². The van der Waals surface area contributed by atoms with Gasteiger partial charge in [0.05, 0.1) is 22.9 Å². The lowest BCUT2D eigenvalue weighted by atomic mass is 9.96. The molecule has 0 bridgehead atoms. The Morgan fingerprint density at radius 2 is 2.35 bits per heavy atom. The normalized spacial score (nSPS) is 20.9. The topological polar surface area (TPSA) is 53.4 Å². The minimum Gasteiger partial charge on any atom is -0.388 e. The Morgan fingerprint density at radius 3 is 2.88 bits per heavy atom. The van der Waals surface area contributed by atoms with E-state index in [1.54, 1.807) is 24.1 Å². The van der Waals surface area contributed by atoms with Crippen molar-refractivity contribution in [3.63, 3.8) is 0 Å². The first kappa shape index (κ1) is 12.5. The zero-order chi connectivity index (χ0) is 12.6. The van der Waals surface area contributed by atoms with Crippen molar-refractivity contribution in [2.24, 2.45) is 0 Å². The lowest BCUT2D eigenvalue weighted by Crippen LogP contribution is -2.48. The number of amides is 1. The molecule has 1 aliphatic rings. The summed E-state index contributed by atoms with van der Waals surface area (Å²) in [7, 11) is 0. The Bertz CT molecular complexity index is 422. The maximum absolute atomic E-state index is 12.4. The smallest absolute Gasteiger partial charge is 0.256 e. The first-order chi connectivity index (χ1) is 7.91. The molecular formula is C12H18N2O2S. The molecular weight excluding hydrogens is 236 g/mol. The number of aromatic nitrogens is 1. The van der Waals surface area contributed by atoms with Crippen LogP contribution in [0.25, 0.3) is 0 Å². The molecule has 0 aliphatic carbocycles. The van der Waals surface area contributed by atoms with Crippen molar-refractivity contribution in [2.75, 3.05) is 6.54 Å². The summed E-state index contributed by atoms with van der Waals surface area (Å²) < 4.78 is 4.13. The molecule has 1 fully saturated rings. The lowest BCUT2D eigenvalue weighted by Gasteiger charge is -2.33. The van der Waals surface area contributed by atoms with Gasteiger partial charge in [0.15, 0.2) is 0 Å². The highest BCUT2D eigenvalue weighted by Gasteiger charge is 2.39. The van der Waals surface area contributed by atoms with Crippen LogP contribution < -0.4 is 0 Å². The Kier molecular flexibility index (Phi) is 3.23. The summed E-state index contributed by atoms with van der Waals surface area (Å²) in [4.78, 5) is 14.2. The molecule has 0 aromatic carbocycles. The molecule has 1 N–H and O–H groups in total.